The quantitative estimate of drug-likeness (QED) is 0.614. The van der Waals surface area contributed by atoms with E-state index in [2.05, 4.69) is 5.32 Å². The molecule has 1 aliphatic rings. The molecule has 7 heteroatoms. The molecule has 0 fully saturated rings. The molecule has 2 aromatic carbocycles. The normalized spacial score (nSPS) is 13.9. The minimum Gasteiger partial charge on any atom is -0.452 e. The highest BCUT2D eigenvalue weighted by Crippen LogP contribution is 2.28. The molecule has 28 heavy (non-hydrogen) atoms. The SMILES string of the molecule is CC[C@@H](C)NC(=O)COC(=O)c1ccc(N2C(=O)c3ccccc3C2=O)cc1. The van der Waals surface area contributed by atoms with E-state index in [1.54, 1.807) is 24.3 Å². The van der Waals surface area contributed by atoms with Gasteiger partial charge < -0.3 is 10.1 Å². The van der Waals surface area contributed by atoms with Gasteiger partial charge in [0.25, 0.3) is 17.7 Å². The summed E-state index contributed by atoms with van der Waals surface area (Å²) in [5.41, 5.74) is 1.28. The van der Waals surface area contributed by atoms with Gasteiger partial charge in [-0.05, 0) is 49.7 Å². The van der Waals surface area contributed by atoms with E-state index in [1.165, 1.54) is 24.3 Å². The fraction of sp³-hybridized carbons (Fsp3) is 0.238. The lowest BCUT2D eigenvalue weighted by Crippen LogP contribution is -2.35. The Morgan fingerprint density at radius 2 is 1.57 bits per heavy atom. The second-order valence-electron chi connectivity index (χ2n) is 6.49. The molecular formula is C21H20N2O5. The molecular weight excluding hydrogens is 360 g/mol. The Balaban J connectivity index is 1.66. The summed E-state index contributed by atoms with van der Waals surface area (Å²) in [5, 5.41) is 2.70. The molecule has 3 rings (SSSR count). The molecule has 1 atom stereocenters. The number of hydrogen-bond acceptors (Lipinski definition) is 5. The van der Waals surface area contributed by atoms with Gasteiger partial charge in [0.05, 0.1) is 22.4 Å². The summed E-state index contributed by atoms with van der Waals surface area (Å²) in [5.74, 6) is -1.84. The van der Waals surface area contributed by atoms with Crippen LogP contribution in [0.1, 0.15) is 51.3 Å². The number of hydrogen-bond donors (Lipinski definition) is 1. The minimum atomic E-state index is -0.659. The molecule has 0 aromatic heterocycles. The fourth-order valence-corrected chi connectivity index (χ4v) is 2.80. The van der Waals surface area contributed by atoms with Crippen LogP contribution in [0.4, 0.5) is 5.69 Å². The summed E-state index contributed by atoms with van der Waals surface area (Å²) in [6, 6.07) is 12.5. The van der Waals surface area contributed by atoms with Crippen molar-refractivity contribution in [1.29, 1.82) is 0 Å². The molecule has 3 amide bonds. The zero-order valence-corrected chi connectivity index (χ0v) is 15.6. The molecule has 7 nitrogen and oxygen atoms in total. The average Bonchev–Trinajstić information content (AvgIpc) is 2.97. The Morgan fingerprint density at radius 3 is 2.11 bits per heavy atom. The standard InChI is InChI=1S/C21H20N2O5/c1-3-13(2)22-18(24)12-28-21(27)14-8-10-15(11-9-14)23-19(25)16-6-4-5-7-17(16)20(23)26/h4-11,13H,3,12H2,1-2H3,(H,22,24)/t13-/m1/s1. The third-order valence-corrected chi connectivity index (χ3v) is 4.51. The largest absolute Gasteiger partial charge is 0.452 e. The van der Waals surface area contributed by atoms with Crippen molar-refractivity contribution >= 4 is 29.4 Å². The number of imide groups is 1. The summed E-state index contributed by atoms with van der Waals surface area (Å²) in [7, 11) is 0. The molecule has 0 aliphatic carbocycles. The number of fused-ring (bicyclic) bond motifs is 1. The first-order valence-electron chi connectivity index (χ1n) is 8.96. The van der Waals surface area contributed by atoms with E-state index in [0.29, 0.717) is 16.8 Å². The summed E-state index contributed by atoms with van der Waals surface area (Å²) >= 11 is 0. The van der Waals surface area contributed by atoms with Gasteiger partial charge in [-0.25, -0.2) is 9.69 Å². The second kappa shape index (κ2) is 8.04. The molecule has 0 bridgehead atoms. The summed E-state index contributed by atoms with van der Waals surface area (Å²) in [4.78, 5) is 49.8. The lowest BCUT2D eigenvalue weighted by Gasteiger charge is -2.14. The average molecular weight is 380 g/mol. The predicted molar refractivity (Wildman–Crippen MR) is 102 cm³/mol. The molecule has 0 spiro atoms. The van der Waals surface area contributed by atoms with E-state index >= 15 is 0 Å². The zero-order chi connectivity index (χ0) is 20.3. The first-order valence-corrected chi connectivity index (χ1v) is 8.96. The van der Waals surface area contributed by atoms with Gasteiger partial charge in [0.1, 0.15) is 0 Å². The minimum absolute atomic E-state index is 0.00476. The monoisotopic (exact) mass is 380 g/mol. The molecule has 0 unspecified atom stereocenters. The van der Waals surface area contributed by atoms with Crippen LogP contribution in [0.2, 0.25) is 0 Å². The van der Waals surface area contributed by atoms with Crippen LogP contribution in [-0.2, 0) is 9.53 Å². The van der Waals surface area contributed by atoms with Crippen LogP contribution in [0.25, 0.3) is 0 Å². The molecule has 0 radical (unpaired) electrons. The Bertz CT molecular complexity index is 901. The molecule has 0 saturated heterocycles. The van der Waals surface area contributed by atoms with Gasteiger partial charge in [-0.2, -0.15) is 0 Å². The van der Waals surface area contributed by atoms with Gasteiger partial charge in [-0.15, -0.1) is 0 Å². The van der Waals surface area contributed by atoms with Crippen LogP contribution >= 0.6 is 0 Å². The number of nitrogens with zero attached hydrogens (tertiary/aromatic N) is 1. The Hall–Kier alpha value is -3.48. The van der Waals surface area contributed by atoms with Crippen LogP contribution in [0, 0.1) is 0 Å². The highest BCUT2D eigenvalue weighted by atomic mass is 16.5. The van der Waals surface area contributed by atoms with Gasteiger partial charge in [-0.1, -0.05) is 19.1 Å². The van der Waals surface area contributed by atoms with Gasteiger partial charge in [0.2, 0.25) is 0 Å². The molecule has 1 heterocycles. The van der Waals surface area contributed by atoms with Crippen molar-refractivity contribution in [2.45, 2.75) is 26.3 Å². The molecule has 1 N–H and O–H groups in total. The predicted octanol–water partition coefficient (Wildman–Crippen LogP) is 2.56. The lowest BCUT2D eigenvalue weighted by atomic mass is 10.1. The van der Waals surface area contributed by atoms with E-state index in [4.69, 9.17) is 4.74 Å². The van der Waals surface area contributed by atoms with Crippen molar-refractivity contribution in [1.82, 2.24) is 5.32 Å². The molecule has 144 valence electrons. The van der Waals surface area contributed by atoms with Crippen molar-refractivity contribution in [3.63, 3.8) is 0 Å². The molecule has 2 aromatic rings. The van der Waals surface area contributed by atoms with E-state index in [1.807, 2.05) is 13.8 Å². The first kappa shape index (κ1) is 19.3. The number of nitrogens with one attached hydrogen (secondary N) is 1. The number of carbonyl (C=O) groups excluding carboxylic acids is 4. The number of anilines is 1. The zero-order valence-electron chi connectivity index (χ0n) is 15.6. The first-order chi connectivity index (χ1) is 13.4. The Morgan fingerprint density at radius 1 is 1.00 bits per heavy atom. The van der Waals surface area contributed by atoms with Crippen LogP contribution in [-0.4, -0.2) is 36.3 Å². The van der Waals surface area contributed by atoms with Gasteiger partial charge in [0.15, 0.2) is 6.61 Å². The topological polar surface area (TPSA) is 92.8 Å². The van der Waals surface area contributed by atoms with Crippen LogP contribution in [0.5, 0.6) is 0 Å². The van der Waals surface area contributed by atoms with E-state index < -0.39 is 17.8 Å². The van der Waals surface area contributed by atoms with E-state index in [9.17, 15) is 19.2 Å². The third-order valence-electron chi connectivity index (χ3n) is 4.51. The van der Waals surface area contributed by atoms with Crippen LogP contribution < -0.4 is 10.2 Å². The van der Waals surface area contributed by atoms with E-state index in [-0.39, 0.29) is 24.1 Å². The van der Waals surface area contributed by atoms with E-state index in [0.717, 1.165) is 11.3 Å². The van der Waals surface area contributed by atoms with Crippen LogP contribution in [0.3, 0.4) is 0 Å². The number of amides is 3. The van der Waals surface area contributed by atoms with Crippen molar-refractivity contribution in [3.05, 3.63) is 65.2 Å². The maximum atomic E-state index is 12.5. The third kappa shape index (κ3) is 3.78. The van der Waals surface area contributed by atoms with Crippen LogP contribution in [0.15, 0.2) is 48.5 Å². The molecule has 1 aliphatic heterocycles. The highest BCUT2D eigenvalue weighted by molar-refractivity contribution is 6.34. The fourth-order valence-electron chi connectivity index (χ4n) is 2.80. The highest BCUT2D eigenvalue weighted by Gasteiger charge is 2.36. The second-order valence-corrected chi connectivity index (χ2v) is 6.49. The smallest absolute Gasteiger partial charge is 0.338 e. The number of ether oxygens (including phenoxy) is 1. The molecule has 0 saturated carbocycles. The lowest BCUT2D eigenvalue weighted by molar-refractivity contribution is -0.124. The maximum absolute atomic E-state index is 12.5. The summed E-state index contributed by atoms with van der Waals surface area (Å²) in [6.45, 7) is 3.42. The summed E-state index contributed by atoms with van der Waals surface area (Å²) in [6.07, 6.45) is 0.777. The van der Waals surface area contributed by atoms with Crippen molar-refractivity contribution in [2.75, 3.05) is 11.5 Å². The van der Waals surface area contributed by atoms with Crippen molar-refractivity contribution < 1.29 is 23.9 Å². The maximum Gasteiger partial charge on any atom is 0.338 e. The summed E-state index contributed by atoms with van der Waals surface area (Å²) < 4.78 is 5.00. The Kier molecular flexibility index (Phi) is 5.54. The van der Waals surface area contributed by atoms with Crippen molar-refractivity contribution in [2.24, 2.45) is 0 Å². The van der Waals surface area contributed by atoms with Gasteiger partial charge in [0, 0.05) is 6.04 Å². The van der Waals surface area contributed by atoms with Crippen molar-refractivity contribution in [3.8, 4) is 0 Å². The van der Waals surface area contributed by atoms with Gasteiger partial charge >= 0.3 is 5.97 Å². The van der Waals surface area contributed by atoms with Gasteiger partial charge in [-0.3, -0.25) is 14.4 Å². The number of benzene rings is 2. The number of carbonyl (C=O) groups is 4. The number of rotatable bonds is 6. The Labute approximate surface area is 162 Å². The number of esters is 1.